The number of alkyl halides is 2. The Kier molecular flexibility index (Phi) is 5.61. The molecule has 4 amide bonds. The first kappa shape index (κ1) is 24.9. The number of imide groups is 1. The molecule has 1 aliphatic heterocycles. The lowest BCUT2D eigenvalue weighted by atomic mass is 9.54. The highest BCUT2D eigenvalue weighted by Gasteiger charge is 2.73. The number of likely N-dealkylation sites (tertiary alicyclic amines) is 1. The zero-order valence-corrected chi connectivity index (χ0v) is 22.1. The van der Waals surface area contributed by atoms with E-state index in [1.165, 1.54) is 19.1 Å². The number of nitrogens with zero attached hydrogens (tertiary/aromatic N) is 1. The Bertz CT molecular complexity index is 1420. The minimum Gasteiger partial charge on any atom is -0.274 e. The number of halogens is 3. The van der Waals surface area contributed by atoms with Crippen molar-refractivity contribution in [3.63, 3.8) is 0 Å². The van der Waals surface area contributed by atoms with Crippen LogP contribution in [0.2, 0.25) is 5.02 Å². The molecule has 38 heavy (non-hydrogen) atoms. The van der Waals surface area contributed by atoms with Crippen LogP contribution in [0.4, 0.5) is 0 Å². The smallest absolute Gasteiger partial charge is 0.269 e. The molecule has 4 aliphatic rings. The average molecular weight is 569 g/mol. The molecular weight excluding hydrogens is 549 g/mol. The maximum atomic E-state index is 13.9. The van der Waals surface area contributed by atoms with Crippen molar-refractivity contribution in [3.05, 3.63) is 106 Å². The summed E-state index contributed by atoms with van der Waals surface area (Å²) in [6.07, 6.45) is 0. The highest BCUT2D eigenvalue weighted by molar-refractivity contribution is 6.36. The maximum Gasteiger partial charge on any atom is 0.269 e. The Balaban J connectivity index is 1.33. The Morgan fingerprint density at radius 1 is 0.763 bits per heavy atom. The second-order valence-electron chi connectivity index (χ2n) is 9.64. The van der Waals surface area contributed by atoms with Gasteiger partial charge in [-0.25, -0.2) is 0 Å². The molecule has 2 N–H and O–H groups in total. The molecule has 3 aromatic carbocycles. The van der Waals surface area contributed by atoms with Gasteiger partial charge in [-0.05, 0) is 53.4 Å². The Labute approximate surface area is 233 Å². The third-order valence-corrected chi connectivity index (χ3v) is 9.33. The van der Waals surface area contributed by atoms with Crippen molar-refractivity contribution in [1.82, 2.24) is 15.8 Å². The molecule has 0 spiro atoms. The minimum absolute atomic E-state index is 0.266. The van der Waals surface area contributed by atoms with E-state index in [1.54, 1.807) is 12.1 Å². The Morgan fingerprint density at radius 2 is 1.18 bits per heavy atom. The van der Waals surface area contributed by atoms with Crippen molar-refractivity contribution in [2.45, 2.75) is 22.7 Å². The number of rotatable bonds is 3. The lowest BCUT2D eigenvalue weighted by molar-refractivity contribution is -0.147. The lowest BCUT2D eigenvalue weighted by Gasteiger charge is -2.54. The van der Waals surface area contributed by atoms with Crippen LogP contribution in [-0.2, 0) is 24.1 Å². The van der Waals surface area contributed by atoms with Crippen LogP contribution in [0.25, 0.3) is 0 Å². The summed E-state index contributed by atoms with van der Waals surface area (Å²) in [7, 11) is 0. The monoisotopic (exact) mass is 567 g/mol. The maximum absolute atomic E-state index is 13.9. The fourth-order valence-electron chi connectivity index (χ4n) is 6.08. The van der Waals surface area contributed by atoms with E-state index >= 15 is 0 Å². The molecule has 3 aliphatic carbocycles. The third kappa shape index (κ3) is 3.16. The first-order valence-electron chi connectivity index (χ1n) is 11.9. The molecule has 2 bridgehead atoms. The van der Waals surface area contributed by atoms with Gasteiger partial charge in [0.05, 0.1) is 11.8 Å². The topological polar surface area (TPSA) is 95.6 Å². The molecule has 1 heterocycles. The van der Waals surface area contributed by atoms with Crippen LogP contribution < -0.4 is 10.9 Å². The zero-order chi connectivity index (χ0) is 27.0. The molecule has 192 valence electrons. The van der Waals surface area contributed by atoms with Gasteiger partial charge in [0.25, 0.3) is 11.8 Å². The van der Waals surface area contributed by atoms with Crippen molar-refractivity contribution in [1.29, 1.82) is 0 Å². The summed E-state index contributed by atoms with van der Waals surface area (Å²) in [5.41, 5.74) is 7.57. The van der Waals surface area contributed by atoms with Gasteiger partial charge < -0.3 is 0 Å². The van der Waals surface area contributed by atoms with Crippen LogP contribution in [0.3, 0.4) is 0 Å². The minimum atomic E-state index is -1.34. The van der Waals surface area contributed by atoms with Crippen molar-refractivity contribution in [2.75, 3.05) is 0 Å². The van der Waals surface area contributed by atoms with Crippen LogP contribution in [-0.4, -0.2) is 34.6 Å². The van der Waals surface area contributed by atoms with E-state index < -0.39 is 51.3 Å². The first-order valence-corrected chi connectivity index (χ1v) is 13.1. The summed E-state index contributed by atoms with van der Waals surface area (Å²) >= 11 is 20.6. The van der Waals surface area contributed by atoms with Crippen LogP contribution in [0, 0.1) is 11.8 Å². The van der Waals surface area contributed by atoms with Gasteiger partial charge in [-0.2, -0.15) is 0 Å². The SMILES string of the molecule is C[C@H](C(=O)NNC(=O)c1ccc(Cl)cc1)N1C(=O)[C@H]2[C@H](C1=O)C1(Cl)c3ccccc3C2(Cl)c2ccccc21. The van der Waals surface area contributed by atoms with E-state index in [1.807, 2.05) is 48.5 Å². The van der Waals surface area contributed by atoms with Crippen molar-refractivity contribution in [3.8, 4) is 0 Å². The largest absolute Gasteiger partial charge is 0.274 e. The molecule has 1 saturated heterocycles. The second-order valence-corrected chi connectivity index (χ2v) is 11.3. The lowest BCUT2D eigenvalue weighted by Crippen LogP contribution is -2.57. The van der Waals surface area contributed by atoms with Gasteiger partial charge in [0, 0.05) is 10.6 Å². The van der Waals surface area contributed by atoms with Gasteiger partial charge in [-0.15, -0.1) is 23.2 Å². The molecule has 0 radical (unpaired) electrons. The molecule has 3 atom stereocenters. The van der Waals surface area contributed by atoms with E-state index in [2.05, 4.69) is 10.9 Å². The van der Waals surface area contributed by atoms with Gasteiger partial charge in [-0.3, -0.25) is 34.9 Å². The molecule has 7 nitrogen and oxygen atoms in total. The normalized spacial score (nSPS) is 27.3. The molecule has 3 aromatic rings. The van der Waals surface area contributed by atoms with Gasteiger partial charge in [0.1, 0.15) is 15.8 Å². The predicted octanol–water partition coefficient (Wildman–Crippen LogP) is 4.08. The number of benzene rings is 3. The number of hydrogen-bond acceptors (Lipinski definition) is 4. The molecule has 10 heteroatoms. The number of hydrogen-bond donors (Lipinski definition) is 2. The standard InChI is InChI=1S/C28H20Cl3N3O4/c1-14(23(35)32-33-24(36)15-10-12-16(29)13-11-15)34-25(37)21-22(26(34)38)28(31)18-7-3-2-6-17(18)27(21,30)19-8-4-5-9-20(19)28/h2-14,21-22H,1H3,(H,32,35)(H,33,36)/t14-,21-,22-,27?,28?/m1/s1. The van der Waals surface area contributed by atoms with E-state index in [4.69, 9.17) is 34.8 Å². The van der Waals surface area contributed by atoms with E-state index in [-0.39, 0.29) is 5.56 Å². The van der Waals surface area contributed by atoms with Crippen molar-refractivity contribution >= 4 is 58.4 Å². The number of amides is 4. The number of hydrazine groups is 1. The molecule has 0 aromatic heterocycles. The van der Waals surface area contributed by atoms with Gasteiger partial charge in [-0.1, -0.05) is 60.1 Å². The predicted molar refractivity (Wildman–Crippen MR) is 142 cm³/mol. The molecule has 7 rings (SSSR count). The molecule has 0 saturated carbocycles. The third-order valence-electron chi connectivity index (χ3n) is 7.79. The second kappa shape index (κ2) is 8.56. The van der Waals surface area contributed by atoms with Gasteiger partial charge in [0.15, 0.2) is 0 Å². The zero-order valence-electron chi connectivity index (χ0n) is 19.9. The summed E-state index contributed by atoms with van der Waals surface area (Å²) in [6, 6.07) is 19.4. The quantitative estimate of drug-likeness (QED) is 0.283. The summed E-state index contributed by atoms with van der Waals surface area (Å²) in [4.78, 5) is 51.5. The summed E-state index contributed by atoms with van der Waals surface area (Å²) < 4.78 is 0. The van der Waals surface area contributed by atoms with Crippen molar-refractivity contribution in [2.24, 2.45) is 11.8 Å². The van der Waals surface area contributed by atoms with Crippen LogP contribution in [0.1, 0.15) is 39.5 Å². The van der Waals surface area contributed by atoms with E-state index in [9.17, 15) is 19.2 Å². The van der Waals surface area contributed by atoms with Crippen molar-refractivity contribution < 1.29 is 19.2 Å². The highest BCUT2D eigenvalue weighted by Crippen LogP contribution is 2.69. The van der Waals surface area contributed by atoms with Crippen LogP contribution in [0.5, 0.6) is 0 Å². The van der Waals surface area contributed by atoms with Crippen LogP contribution >= 0.6 is 34.8 Å². The molecular formula is C28H20Cl3N3O4. The fourth-order valence-corrected chi connectivity index (χ4v) is 7.31. The van der Waals surface area contributed by atoms with Gasteiger partial charge >= 0.3 is 0 Å². The van der Waals surface area contributed by atoms with E-state index in [0.29, 0.717) is 27.3 Å². The van der Waals surface area contributed by atoms with Crippen LogP contribution in [0.15, 0.2) is 72.8 Å². The first-order chi connectivity index (χ1) is 18.1. The fraction of sp³-hybridized carbons (Fsp3) is 0.214. The number of nitrogens with one attached hydrogen (secondary N) is 2. The summed E-state index contributed by atoms with van der Waals surface area (Å²) in [5.74, 6) is -4.54. The average Bonchev–Trinajstić information content (AvgIpc) is 3.21. The summed E-state index contributed by atoms with van der Waals surface area (Å²) in [5, 5.41) is 0.458. The number of carbonyl (C=O) groups is 4. The van der Waals surface area contributed by atoms with Gasteiger partial charge in [0.2, 0.25) is 11.8 Å². The molecule has 1 fully saturated rings. The Hall–Kier alpha value is -3.39. The highest BCUT2D eigenvalue weighted by atomic mass is 35.5. The summed E-state index contributed by atoms with van der Waals surface area (Å²) in [6.45, 7) is 1.42. The Morgan fingerprint density at radius 3 is 1.61 bits per heavy atom. The molecule has 0 unspecified atom stereocenters. The van der Waals surface area contributed by atoms with E-state index in [0.717, 1.165) is 4.90 Å². The number of carbonyl (C=O) groups excluding carboxylic acids is 4.